The molecular formula is C15H14N4O2. The number of phenols is 1. The Labute approximate surface area is 121 Å². The topological polar surface area (TPSA) is 80.0 Å². The Bertz CT molecular complexity index is 825. The van der Waals surface area contributed by atoms with Crippen molar-refractivity contribution >= 4 is 22.6 Å². The fourth-order valence-electron chi connectivity index (χ4n) is 2.29. The number of nitrogens with one attached hydrogen (secondary N) is 1. The predicted molar refractivity (Wildman–Crippen MR) is 79.6 cm³/mol. The third-order valence-electron chi connectivity index (χ3n) is 3.10. The number of anilines is 1. The van der Waals surface area contributed by atoms with Gasteiger partial charge in [0.15, 0.2) is 0 Å². The summed E-state index contributed by atoms with van der Waals surface area (Å²) in [6.07, 6.45) is 5.12. The van der Waals surface area contributed by atoms with E-state index in [1.807, 2.05) is 17.6 Å². The fraction of sp³-hybridized carbons (Fsp3) is 0.133. The van der Waals surface area contributed by atoms with Crippen molar-refractivity contribution < 1.29 is 9.90 Å². The quantitative estimate of drug-likeness (QED) is 0.756. The van der Waals surface area contributed by atoms with Gasteiger partial charge in [0.2, 0.25) is 5.91 Å². The molecule has 0 atom stereocenters. The second kappa shape index (κ2) is 4.90. The average Bonchev–Trinajstić information content (AvgIpc) is 2.92. The van der Waals surface area contributed by atoms with E-state index >= 15 is 0 Å². The van der Waals surface area contributed by atoms with E-state index in [9.17, 15) is 9.90 Å². The van der Waals surface area contributed by atoms with E-state index in [1.54, 1.807) is 30.9 Å². The van der Waals surface area contributed by atoms with Crippen molar-refractivity contribution in [1.29, 1.82) is 0 Å². The highest BCUT2D eigenvalue weighted by molar-refractivity contribution is 5.96. The number of amides is 1. The molecule has 0 aliphatic carbocycles. The number of rotatable bonds is 2. The number of nitrogens with zero attached hydrogens (tertiary/aromatic N) is 3. The molecule has 0 spiro atoms. The van der Waals surface area contributed by atoms with Crippen molar-refractivity contribution in [3.05, 3.63) is 42.5 Å². The molecule has 0 aliphatic heterocycles. The molecule has 0 radical (unpaired) electrons. The molecule has 0 aliphatic rings. The van der Waals surface area contributed by atoms with Crippen molar-refractivity contribution in [2.24, 2.45) is 0 Å². The van der Waals surface area contributed by atoms with Crippen LogP contribution < -0.4 is 5.32 Å². The van der Waals surface area contributed by atoms with Crippen molar-refractivity contribution in [3.8, 4) is 11.4 Å². The molecule has 1 amide bonds. The van der Waals surface area contributed by atoms with E-state index in [2.05, 4.69) is 15.3 Å². The lowest BCUT2D eigenvalue weighted by atomic mass is 10.1. The molecule has 6 nitrogen and oxygen atoms in total. The second-order valence-electron chi connectivity index (χ2n) is 4.86. The number of aromatic hydroxyl groups is 1. The van der Waals surface area contributed by atoms with Crippen LogP contribution in [0.3, 0.4) is 0 Å². The standard InChI is InChI=1S/C15H14N4O2/c1-9-5-11-12(19-4-3-16-8-19)7-14(17-10(2)20)18-15(11)13(21)6-9/h3-8,21H,1-2H3,(H,17,18,20). The Hall–Kier alpha value is -2.89. The number of hydrogen-bond donors (Lipinski definition) is 2. The van der Waals surface area contributed by atoms with Crippen LogP contribution >= 0.6 is 0 Å². The first kappa shape index (κ1) is 13.1. The van der Waals surface area contributed by atoms with E-state index in [4.69, 9.17) is 0 Å². The maximum absolute atomic E-state index is 11.3. The summed E-state index contributed by atoms with van der Waals surface area (Å²) in [7, 11) is 0. The third kappa shape index (κ3) is 2.43. The maximum atomic E-state index is 11.3. The monoisotopic (exact) mass is 282 g/mol. The normalized spacial score (nSPS) is 10.8. The maximum Gasteiger partial charge on any atom is 0.222 e. The fourth-order valence-corrected chi connectivity index (χ4v) is 2.29. The van der Waals surface area contributed by atoms with Crippen molar-refractivity contribution in [2.45, 2.75) is 13.8 Å². The van der Waals surface area contributed by atoms with Gasteiger partial charge in [-0.25, -0.2) is 9.97 Å². The number of benzene rings is 1. The van der Waals surface area contributed by atoms with E-state index in [0.29, 0.717) is 11.3 Å². The van der Waals surface area contributed by atoms with Crippen LogP contribution in [0.15, 0.2) is 36.9 Å². The van der Waals surface area contributed by atoms with Crippen LogP contribution in [0.4, 0.5) is 5.82 Å². The molecule has 2 N–H and O–H groups in total. The van der Waals surface area contributed by atoms with Gasteiger partial charge in [-0.15, -0.1) is 0 Å². The zero-order valence-corrected chi connectivity index (χ0v) is 11.7. The Morgan fingerprint density at radius 3 is 2.81 bits per heavy atom. The smallest absolute Gasteiger partial charge is 0.222 e. The minimum absolute atomic E-state index is 0.0820. The molecule has 0 bridgehead atoms. The molecule has 106 valence electrons. The summed E-state index contributed by atoms with van der Waals surface area (Å²) in [5.41, 5.74) is 2.16. The number of carbonyl (C=O) groups is 1. The molecule has 2 heterocycles. The molecule has 1 aromatic carbocycles. The molecule has 21 heavy (non-hydrogen) atoms. The number of fused-ring (bicyclic) bond motifs is 1. The lowest BCUT2D eigenvalue weighted by Gasteiger charge is -2.12. The zero-order chi connectivity index (χ0) is 15.0. The number of phenolic OH excluding ortho intramolecular Hbond substituents is 1. The van der Waals surface area contributed by atoms with Crippen LogP contribution in [0.2, 0.25) is 0 Å². The van der Waals surface area contributed by atoms with Gasteiger partial charge in [-0.05, 0) is 24.6 Å². The van der Waals surface area contributed by atoms with Gasteiger partial charge in [-0.2, -0.15) is 0 Å². The molecule has 0 fully saturated rings. The van der Waals surface area contributed by atoms with Crippen molar-refractivity contribution in [3.63, 3.8) is 0 Å². The number of hydrogen-bond acceptors (Lipinski definition) is 4. The summed E-state index contributed by atoms with van der Waals surface area (Å²) in [5.74, 6) is 0.251. The molecule has 0 unspecified atom stereocenters. The summed E-state index contributed by atoms with van der Waals surface area (Å²) >= 11 is 0. The van der Waals surface area contributed by atoms with Gasteiger partial charge >= 0.3 is 0 Å². The van der Waals surface area contributed by atoms with Gasteiger partial charge in [-0.1, -0.05) is 0 Å². The minimum atomic E-state index is -0.218. The first-order valence-corrected chi connectivity index (χ1v) is 6.45. The van der Waals surface area contributed by atoms with Crippen LogP contribution in [0.5, 0.6) is 5.75 Å². The van der Waals surface area contributed by atoms with E-state index in [0.717, 1.165) is 16.6 Å². The zero-order valence-electron chi connectivity index (χ0n) is 11.7. The Morgan fingerprint density at radius 1 is 1.33 bits per heavy atom. The van der Waals surface area contributed by atoms with Gasteiger partial charge in [0.05, 0.1) is 12.0 Å². The molecule has 3 rings (SSSR count). The lowest BCUT2D eigenvalue weighted by molar-refractivity contribution is -0.114. The van der Waals surface area contributed by atoms with Gasteiger partial charge < -0.3 is 15.0 Å². The second-order valence-corrected chi connectivity index (χ2v) is 4.86. The number of carbonyl (C=O) groups excluding carboxylic acids is 1. The van der Waals surface area contributed by atoms with Gasteiger partial charge in [-0.3, -0.25) is 4.79 Å². The van der Waals surface area contributed by atoms with Crippen LogP contribution in [0.25, 0.3) is 16.6 Å². The lowest BCUT2D eigenvalue weighted by Crippen LogP contribution is -2.08. The van der Waals surface area contributed by atoms with Gasteiger partial charge in [0.1, 0.15) is 17.1 Å². The van der Waals surface area contributed by atoms with Crippen LogP contribution in [0.1, 0.15) is 12.5 Å². The molecular weight excluding hydrogens is 268 g/mol. The summed E-state index contributed by atoms with van der Waals surface area (Å²) < 4.78 is 1.81. The first-order chi connectivity index (χ1) is 10.0. The molecule has 3 aromatic rings. The highest BCUT2D eigenvalue weighted by Gasteiger charge is 2.12. The number of aromatic nitrogens is 3. The van der Waals surface area contributed by atoms with Gasteiger partial charge in [0.25, 0.3) is 0 Å². The number of pyridine rings is 1. The van der Waals surface area contributed by atoms with E-state index < -0.39 is 0 Å². The Balaban J connectivity index is 2.34. The Kier molecular flexibility index (Phi) is 3.06. The number of imidazole rings is 1. The van der Waals surface area contributed by atoms with E-state index in [-0.39, 0.29) is 11.7 Å². The highest BCUT2D eigenvalue weighted by atomic mass is 16.3. The Morgan fingerprint density at radius 2 is 2.14 bits per heavy atom. The molecule has 2 aromatic heterocycles. The summed E-state index contributed by atoms with van der Waals surface area (Å²) in [5, 5.41) is 13.6. The minimum Gasteiger partial charge on any atom is -0.506 e. The summed E-state index contributed by atoms with van der Waals surface area (Å²) in [4.78, 5) is 19.6. The third-order valence-corrected chi connectivity index (χ3v) is 3.10. The SMILES string of the molecule is CC(=O)Nc1cc(-n2ccnc2)c2cc(C)cc(O)c2n1. The first-order valence-electron chi connectivity index (χ1n) is 6.45. The summed E-state index contributed by atoms with van der Waals surface area (Å²) in [6, 6.07) is 5.34. The molecule has 6 heteroatoms. The largest absolute Gasteiger partial charge is 0.506 e. The highest BCUT2D eigenvalue weighted by Crippen LogP contribution is 2.31. The van der Waals surface area contributed by atoms with Gasteiger partial charge in [0, 0.05) is 30.8 Å². The number of aryl methyl sites for hydroxylation is 1. The average molecular weight is 282 g/mol. The predicted octanol–water partition coefficient (Wildman–Crippen LogP) is 2.39. The summed E-state index contributed by atoms with van der Waals surface area (Å²) in [6.45, 7) is 3.32. The van der Waals surface area contributed by atoms with Crippen molar-refractivity contribution in [1.82, 2.24) is 14.5 Å². The van der Waals surface area contributed by atoms with Crippen LogP contribution in [0, 0.1) is 6.92 Å². The molecule has 0 saturated carbocycles. The van der Waals surface area contributed by atoms with Crippen molar-refractivity contribution in [2.75, 3.05) is 5.32 Å². The van der Waals surface area contributed by atoms with Crippen LogP contribution in [-0.4, -0.2) is 25.5 Å². The molecule has 0 saturated heterocycles. The van der Waals surface area contributed by atoms with Crippen LogP contribution in [-0.2, 0) is 4.79 Å². The van der Waals surface area contributed by atoms with E-state index in [1.165, 1.54) is 6.92 Å².